The van der Waals surface area contributed by atoms with Crippen molar-refractivity contribution in [2.24, 2.45) is 4.99 Å². The molecule has 0 bridgehead atoms. The zero-order chi connectivity index (χ0) is 20.3. The smallest absolute Gasteiger partial charge is 0.276 e. The van der Waals surface area contributed by atoms with Gasteiger partial charge in [0, 0.05) is 5.69 Å². The van der Waals surface area contributed by atoms with E-state index in [1.165, 1.54) is 0 Å². The molecule has 5 nitrogen and oxygen atoms in total. The van der Waals surface area contributed by atoms with Gasteiger partial charge in [0.25, 0.3) is 5.91 Å². The van der Waals surface area contributed by atoms with Crippen LogP contribution in [-0.4, -0.2) is 16.9 Å². The van der Waals surface area contributed by atoms with Gasteiger partial charge < -0.3 is 4.90 Å². The number of nitrogens with one attached hydrogen (secondary N) is 1. The van der Waals surface area contributed by atoms with Crippen LogP contribution in [0, 0.1) is 0 Å². The molecule has 0 fully saturated rings. The molecule has 0 saturated carbocycles. The second-order valence-corrected chi connectivity index (χ2v) is 7.79. The van der Waals surface area contributed by atoms with E-state index in [1.807, 2.05) is 83.2 Å². The van der Waals surface area contributed by atoms with Crippen molar-refractivity contribution in [3.8, 4) is 0 Å². The van der Waals surface area contributed by atoms with Crippen LogP contribution in [0.4, 0.5) is 5.69 Å². The number of aliphatic imine (C=N–C) groups is 1. The molecule has 1 aliphatic rings. The number of aromatic nitrogens is 1. The summed E-state index contributed by atoms with van der Waals surface area (Å²) in [7, 11) is 0. The Morgan fingerprint density at radius 1 is 0.967 bits per heavy atom. The van der Waals surface area contributed by atoms with E-state index in [2.05, 4.69) is 27.4 Å². The number of carbonyl (C=O) groups excluding carboxylic acids is 1. The molecule has 0 saturated heterocycles. The quantitative estimate of drug-likeness (QED) is 0.490. The Balaban J connectivity index is 1.50. The van der Waals surface area contributed by atoms with Crippen molar-refractivity contribution < 1.29 is 4.79 Å². The number of amides is 1. The Morgan fingerprint density at radius 2 is 1.73 bits per heavy atom. The van der Waals surface area contributed by atoms with E-state index in [-0.39, 0.29) is 5.91 Å². The van der Waals surface area contributed by atoms with Gasteiger partial charge in [-0.2, -0.15) is 0 Å². The van der Waals surface area contributed by atoms with Crippen LogP contribution in [-0.2, 0) is 11.3 Å². The second kappa shape index (κ2) is 7.93. The summed E-state index contributed by atoms with van der Waals surface area (Å²) < 4.78 is 1.09. The molecule has 4 aromatic rings. The van der Waals surface area contributed by atoms with Crippen LogP contribution in [0.1, 0.15) is 11.1 Å². The van der Waals surface area contributed by atoms with Crippen molar-refractivity contribution in [1.82, 2.24) is 10.3 Å². The minimum atomic E-state index is -0.205. The van der Waals surface area contributed by atoms with E-state index in [0.29, 0.717) is 18.2 Å². The Labute approximate surface area is 178 Å². The summed E-state index contributed by atoms with van der Waals surface area (Å²) in [5.74, 6) is 0.323. The fourth-order valence-electron chi connectivity index (χ4n) is 3.37. The van der Waals surface area contributed by atoms with Gasteiger partial charge >= 0.3 is 0 Å². The van der Waals surface area contributed by atoms with Crippen molar-refractivity contribution in [2.75, 3.05) is 4.90 Å². The van der Waals surface area contributed by atoms with Gasteiger partial charge in [0.05, 0.1) is 22.3 Å². The molecule has 1 amide bonds. The first-order chi connectivity index (χ1) is 14.8. The molecule has 30 heavy (non-hydrogen) atoms. The first-order valence-corrected chi connectivity index (χ1v) is 10.5. The molecule has 146 valence electrons. The number of rotatable bonds is 4. The van der Waals surface area contributed by atoms with E-state index in [4.69, 9.17) is 0 Å². The van der Waals surface area contributed by atoms with Crippen LogP contribution in [0.25, 0.3) is 16.3 Å². The summed E-state index contributed by atoms with van der Waals surface area (Å²) in [5.41, 5.74) is 6.19. The summed E-state index contributed by atoms with van der Waals surface area (Å²) in [6.07, 6.45) is 1.81. The number of carbonyl (C=O) groups is 1. The summed E-state index contributed by atoms with van der Waals surface area (Å²) in [4.78, 5) is 23.6. The molecular weight excluding hydrogens is 392 g/mol. The minimum Gasteiger partial charge on any atom is -0.308 e. The lowest BCUT2D eigenvalue weighted by Gasteiger charge is -2.24. The molecule has 5 rings (SSSR count). The van der Waals surface area contributed by atoms with Crippen molar-refractivity contribution in [3.05, 3.63) is 101 Å². The maximum absolute atomic E-state index is 12.7. The lowest BCUT2D eigenvalue weighted by molar-refractivity contribution is -0.115. The molecule has 1 N–H and O–H groups in total. The highest BCUT2D eigenvalue weighted by atomic mass is 32.1. The highest BCUT2D eigenvalue weighted by Crippen LogP contribution is 2.23. The van der Waals surface area contributed by atoms with Crippen LogP contribution in [0.15, 0.2) is 95.1 Å². The van der Waals surface area contributed by atoms with Gasteiger partial charge in [-0.05, 0) is 41.5 Å². The molecule has 0 spiro atoms. The summed E-state index contributed by atoms with van der Waals surface area (Å²) in [6.45, 7) is 0.601. The molecule has 0 aliphatic carbocycles. The van der Waals surface area contributed by atoms with Crippen LogP contribution in [0.3, 0.4) is 0 Å². The van der Waals surface area contributed by atoms with E-state index in [9.17, 15) is 4.79 Å². The first kappa shape index (κ1) is 18.3. The number of hydrogen-bond acceptors (Lipinski definition) is 5. The third-order valence-electron chi connectivity index (χ3n) is 4.85. The molecule has 0 unspecified atom stereocenters. The molecule has 2 heterocycles. The van der Waals surface area contributed by atoms with Crippen LogP contribution in [0.5, 0.6) is 0 Å². The van der Waals surface area contributed by atoms with Crippen LogP contribution < -0.4 is 10.2 Å². The molecule has 1 aliphatic heterocycles. The molecule has 1 aromatic heterocycles. The Morgan fingerprint density at radius 3 is 2.53 bits per heavy atom. The fraction of sp³-hybridized carbons (Fsp3) is 0.0417. The average Bonchev–Trinajstić information content (AvgIpc) is 3.39. The van der Waals surface area contributed by atoms with Crippen molar-refractivity contribution in [3.63, 3.8) is 0 Å². The van der Waals surface area contributed by atoms with Crippen molar-refractivity contribution >= 4 is 45.2 Å². The topological polar surface area (TPSA) is 57.6 Å². The Hall–Kier alpha value is -3.77. The number of para-hydroxylation sites is 1. The van der Waals surface area contributed by atoms with E-state index < -0.39 is 0 Å². The standard InChI is InChI=1S/C24H18N4OS/c29-23-21(13-18-11-12-20-22(14-18)30-16-25-20)26-24(27-23)28(19-9-5-2-6-10-19)15-17-7-3-1-4-8-17/h1-14,16H,15H2,(H,26,27,29). The maximum atomic E-state index is 12.7. The molecule has 0 atom stereocenters. The normalized spacial score (nSPS) is 14.7. The molecule has 0 radical (unpaired) electrons. The number of fused-ring (bicyclic) bond motifs is 1. The van der Waals surface area contributed by atoms with Gasteiger partial charge in [0.1, 0.15) is 5.70 Å². The van der Waals surface area contributed by atoms with Gasteiger partial charge in [-0.25, -0.2) is 9.98 Å². The van der Waals surface area contributed by atoms with Gasteiger partial charge in [0.2, 0.25) is 5.96 Å². The minimum absolute atomic E-state index is 0.205. The van der Waals surface area contributed by atoms with Crippen molar-refractivity contribution in [1.29, 1.82) is 0 Å². The third kappa shape index (κ3) is 3.73. The molecule has 3 aromatic carbocycles. The molecular formula is C24H18N4OS. The van der Waals surface area contributed by atoms with E-state index in [0.717, 1.165) is 27.0 Å². The van der Waals surface area contributed by atoms with E-state index in [1.54, 1.807) is 11.3 Å². The highest BCUT2D eigenvalue weighted by Gasteiger charge is 2.25. The number of benzene rings is 3. The number of nitrogens with zero attached hydrogens (tertiary/aromatic N) is 3. The maximum Gasteiger partial charge on any atom is 0.276 e. The van der Waals surface area contributed by atoms with E-state index >= 15 is 0 Å². The van der Waals surface area contributed by atoms with Gasteiger partial charge in [-0.15, -0.1) is 11.3 Å². The molecule has 6 heteroatoms. The van der Waals surface area contributed by atoms with Crippen LogP contribution >= 0.6 is 11.3 Å². The number of guanidine groups is 1. The number of hydrogen-bond donors (Lipinski definition) is 1. The lowest BCUT2D eigenvalue weighted by Crippen LogP contribution is -2.40. The van der Waals surface area contributed by atoms with Crippen LogP contribution in [0.2, 0.25) is 0 Å². The predicted octanol–water partition coefficient (Wildman–Crippen LogP) is 4.83. The summed E-state index contributed by atoms with van der Waals surface area (Å²) in [5, 5.41) is 2.93. The highest BCUT2D eigenvalue weighted by molar-refractivity contribution is 7.16. The number of anilines is 1. The Bertz CT molecular complexity index is 1260. The van der Waals surface area contributed by atoms with Gasteiger partial charge in [-0.1, -0.05) is 54.6 Å². The average molecular weight is 411 g/mol. The van der Waals surface area contributed by atoms with Gasteiger partial charge in [-0.3, -0.25) is 10.1 Å². The lowest BCUT2D eigenvalue weighted by atomic mass is 10.2. The van der Waals surface area contributed by atoms with Crippen molar-refractivity contribution in [2.45, 2.75) is 6.54 Å². The predicted molar refractivity (Wildman–Crippen MR) is 122 cm³/mol. The second-order valence-electron chi connectivity index (χ2n) is 6.91. The summed E-state index contributed by atoms with van der Waals surface area (Å²) in [6, 6.07) is 26.0. The van der Waals surface area contributed by atoms with Gasteiger partial charge in [0.15, 0.2) is 0 Å². The first-order valence-electron chi connectivity index (χ1n) is 9.58. The zero-order valence-electron chi connectivity index (χ0n) is 16.0. The number of thiazole rings is 1. The summed E-state index contributed by atoms with van der Waals surface area (Å²) >= 11 is 1.58. The Kier molecular flexibility index (Phi) is 4.83. The SMILES string of the molecule is O=C1NC(N(Cc2ccccc2)c2ccccc2)=NC1=Cc1ccc2ncsc2c1. The fourth-order valence-corrected chi connectivity index (χ4v) is 4.09. The zero-order valence-corrected chi connectivity index (χ0v) is 16.8. The monoisotopic (exact) mass is 410 g/mol. The largest absolute Gasteiger partial charge is 0.308 e. The third-order valence-corrected chi connectivity index (χ3v) is 5.64.